The Morgan fingerprint density at radius 2 is 1.85 bits per heavy atom. The lowest BCUT2D eigenvalue weighted by Gasteiger charge is -2.02. The van der Waals surface area contributed by atoms with Crippen molar-refractivity contribution in [3.05, 3.63) is 47.7 Å². The smallest absolute Gasteiger partial charge is 0.148 e. The van der Waals surface area contributed by atoms with Crippen LogP contribution < -0.4 is 5.32 Å². The Hall–Kier alpha value is -2.54. The number of hydrogen-bond acceptors (Lipinski definition) is 4. The summed E-state index contributed by atoms with van der Waals surface area (Å²) in [6.07, 6.45) is 2.26. The van der Waals surface area contributed by atoms with E-state index in [4.69, 9.17) is 0 Å². The van der Waals surface area contributed by atoms with Gasteiger partial charge in [0, 0.05) is 12.1 Å². The Morgan fingerprint density at radius 3 is 2.50 bits per heavy atom. The van der Waals surface area contributed by atoms with Crippen LogP contribution in [0.25, 0.3) is 0 Å². The number of phenolic OH excluding ortho intramolecular Hbond substituents is 1. The first-order valence-electron chi connectivity index (χ1n) is 6.66. The van der Waals surface area contributed by atoms with E-state index in [9.17, 15) is 5.11 Å². The number of aromatic hydroxyl groups is 1. The van der Waals surface area contributed by atoms with Gasteiger partial charge in [-0.3, -0.25) is 0 Å². The fourth-order valence-electron chi connectivity index (χ4n) is 1.57. The van der Waals surface area contributed by atoms with E-state index in [1.807, 2.05) is 12.1 Å². The number of phenols is 1. The highest BCUT2D eigenvalue weighted by atomic mass is 16.3. The molecule has 0 spiro atoms. The van der Waals surface area contributed by atoms with E-state index in [-0.39, 0.29) is 5.75 Å². The molecule has 20 heavy (non-hydrogen) atoms. The van der Waals surface area contributed by atoms with Gasteiger partial charge >= 0.3 is 0 Å². The molecule has 102 valence electrons. The van der Waals surface area contributed by atoms with E-state index in [0.717, 1.165) is 30.8 Å². The Bertz CT molecular complexity index is 594. The molecule has 1 aromatic heterocycles. The Kier molecular flexibility index (Phi) is 4.96. The number of unbranched alkanes of at least 4 members (excludes halogenated alkanes) is 1. The molecule has 0 amide bonds. The van der Waals surface area contributed by atoms with Gasteiger partial charge < -0.3 is 10.4 Å². The van der Waals surface area contributed by atoms with Crippen molar-refractivity contribution in [2.24, 2.45) is 0 Å². The Morgan fingerprint density at radius 1 is 1.05 bits per heavy atom. The summed E-state index contributed by atoms with van der Waals surface area (Å²) in [5, 5.41) is 20.5. The molecule has 0 aliphatic carbocycles. The second-order valence-electron chi connectivity index (χ2n) is 4.38. The van der Waals surface area contributed by atoms with Crippen LogP contribution in [0.2, 0.25) is 0 Å². The molecule has 2 N–H and O–H groups in total. The maximum Gasteiger partial charge on any atom is 0.148 e. The molecule has 0 unspecified atom stereocenters. The lowest BCUT2D eigenvalue weighted by molar-refractivity contribution is 0.475. The SMILES string of the molecule is CCCCNc1ccc(C#Cc2ccc(O)cc2)nn1. The van der Waals surface area contributed by atoms with Gasteiger partial charge in [0.1, 0.15) is 17.3 Å². The molecule has 4 nitrogen and oxygen atoms in total. The highest BCUT2D eigenvalue weighted by Gasteiger charge is 1.94. The van der Waals surface area contributed by atoms with Gasteiger partial charge in [-0.05, 0) is 48.7 Å². The molecule has 0 aliphatic rings. The number of nitrogens with zero attached hydrogens (tertiary/aromatic N) is 2. The molecule has 0 radical (unpaired) electrons. The van der Waals surface area contributed by atoms with Crippen molar-refractivity contribution in [2.75, 3.05) is 11.9 Å². The van der Waals surface area contributed by atoms with E-state index in [2.05, 4.69) is 34.3 Å². The van der Waals surface area contributed by atoms with Crippen LogP contribution in [0.4, 0.5) is 5.82 Å². The molecular formula is C16H17N3O. The van der Waals surface area contributed by atoms with Gasteiger partial charge in [0.05, 0.1) is 0 Å². The normalized spacial score (nSPS) is 9.65. The van der Waals surface area contributed by atoms with Crippen LogP contribution in [0.1, 0.15) is 31.0 Å². The molecule has 0 aliphatic heterocycles. The second kappa shape index (κ2) is 7.15. The summed E-state index contributed by atoms with van der Waals surface area (Å²) < 4.78 is 0. The minimum absolute atomic E-state index is 0.234. The highest BCUT2D eigenvalue weighted by molar-refractivity contribution is 5.43. The molecule has 4 heteroatoms. The van der Waals surface area contributed by atoms with Crippen molar-refractivity contribution in [1.82, 2.24) is 10.2 Å². The van der Waals surface area contributed by atoms with Crippen LogP contribution in [-0.2, 0) is 0 Å². The van der Waals surface area contributed by atoms with E-state index < -0.39 is 0 Å². The first-order valence-corrected chi connectivity index (χ1v) is 6.66. The van der Waals surface area contributed by atoms with Crippen LogP contribution in [0.3, 0.4) is 0 Å². The Labute approximate surface area is 118 Å². The summed E-state index contributed by atoms with van der Waals surface area (Å²) in [5.41, 5.74) is 1.45. The van der Waals surface area contributed by atoms with Crippen molar-refractivity contribution in [3.63, 3.8) is 0 Å². The lowest BCUT2D eigenvalue weighted by Crippen LogP contribution is -2.03. The van der Waals surface area contributed by atoms with Gasteiger partial charge in [0.2, 0.25) is 0 Å². The summed E-state index contributed by atoms with van der Waals surface area (Å²) in [4.78, 5) is 0. The summed E-state index contributed by atoms with van der Waals surface area (Å²) in [7, 11) is 0. The second-order valence-corrected chi connectivity index (χ2v) is 4.38. The van der Waals surface area contributed by atoms with Crippen molar-refractivity contribution in [2.45, 2.75) is 19.8 Å². The van der Waals surface area contributed by atoms with Gasteiger partial charge in [-0.2, -0.15) is 0 Å². The highest BCUT2D eigenvalue weighted by Crippen LogP contribution is 2.08. The lowest BCUT2D eigenvalue weighted by atomic mass is 10.2. The van der Waals surface area contributed by atoms with E-state index >= 15 is 0 Å². The maximum absolute atomic E-state index is 9.18. The van der Waals surface area contributed by atoms with Crippen molar-refractivity contribution in [1.29, 1.82) is 0 Å². The third-order valence-electron chi connectivity index (χ3n) is 2.70. The van der Waals surface area contributed by atoms with Crippen LogP contribution in [0.15, 0.2) is 36.4 Å². The zero-order chi connectivity index (χ0) is 14.2. The first-order chi connectivity index (χ1) is 9.78. The van der Waals surface area contributed by atoms with E-state index in [0.29, 0.717) is 5.69 Å². The van der Waals surface area contributed by atoms with Crippen LogP contribution in [0.5, 0.6) is 5.75 Å². The fourth-order valence-corrected chi connectivity index (χ4v) is 1.57. The molecule has 0 saturated carbocycles. The molecule has 0 fully saturated rings. The zero-order valence-electron chi connectivity index (χ0n) is 11.4. The van der Waals surface area contributed by atoms with Crippen molar-refractivity contribution < 1.29 is 5.11 Å². The van der Waals surface area contributed by atoms with Crippen LogP contribution in [0, 0.1) is 11.8 Å². The molecule has 1 aromatic carbocycles. The fraction of sp³-hybridized carbons (Fsp3) is 0.250. The predicted molar refractivity (Wildman–Crippen MR) is 79.5 cm³/mol. The minimum Gasteiger partial charge on any atom is -0.508 e. The summed E-state index contributed by atoms with van der Waals surface area (Å²) in [5.74, 6) is 6.92. The molecule has 0 bridgehead atoms. The topological polar surface area (TPSA) is 58.0 Å². The number of anilines is 1. The molecule has 2 aromatic rings. The van der Waals surface area contributed by atoms with Crippen molar-refractivity contribution >= 4 is 5.82 Å². The van der Waals surface area contributed by atoms with E-state index in [1.165, 1.54) is 0 Å². The molecule has 0 atom stereocenters. The quantitative estimate of drug-likeness (QED) is 0.660. The van der Waals surface area contributed by atoms with Gasteiger partial charge in [-0.1, -0.05) is 19.3 Å². The number of hydrogen-bond donors (Lipinski definition) is 2. The van der Waals surface area contributed by atoms with Gasteiger partial charge in [0.25, 0.3) is 0 Å². The summed E-state index contributed by atoms with van der Waals surface area (Å²) >= 11 is 0. The van der Waals surface area contributed by atoms with Gasteiger partial charge in [-0.15, -0.1) is 10.2 Å². The predicted octanol–water partition coefficient (Wildman–Crippen LogP) is 2.79. The number of aromatic nitrogens is 2. The average Bonchev–Trinajstić information content (AvgIpc) is 2.48. The van der Waals surface area contributed by atoms with Crippen LogP contribution in [-0.4, -0.2) is 21.8 Å². The maximum atomic E-state index is 9.18. The molecule has 2 rings (SSSR count). The number of benzene rings is 1. The third kappa shape index (κ3) is 4.29. The van der Waals surface area contributed by atoms with Gasteiger partial charge in [0.15, 0.2) is 0 Å². The average molecular weight is 267 g/mol. The largest absolute Gasteiger partial charge is 0.508 e. The van der Waals surface area contributed by atoms with E-state index in [1.54, 1.807) is 24.3 Å². The number of nitrogens with one attached hydrogen (secondary N) is 1. The molecule has 0 saturated heterocycles. The standard InChI is InChI=1S/C16H17N3O/c1-2-3-12-17-16-11-8-14(18-19-16)7-4-13-5-9-15(20)10-6-13/h5-6,8-11,20H,2-3,12H2,1H3,(H,17,19). The first kappa shape index (κ1) is 13.9. The third-order valence-corrected chi connectivity index (χ3v) is 2.70. The van der Waals surface area contributed by atoms with Crippen molar-refractivity contribution in [3.8, 4) is 17.6 Å². The Balaban J connectivity index is 1.98. The molecular weight excluding hydrogens is 250 g/mol. The monoisotopic (exact) mass is 267 g/mol. The summed E-state index contributed by atoms with van der Waals surface area (Å²) in [6, 6.07) is 10.5. The summed E-state index contributed by atoms with van der Waals surface area (Å²) in [6.45, 7) is 3.05. The minimum atomic E-state index is 0.234. The van der Waals surface area contributed by atoms with Crippen LogP contribution >= 0.6 is 0 Å². The molecule has 1 heterocycles. The number of rotatable bonds is 4. The van der Waals surface area contributed by atoms with Gasteiger partial charge in [-0.25, -0.2) is 0 Å². The zero-order valence-corrected chi connectivity index (χ0v) is 11.4.